The fourth-order valence-electron chi connectivity index (χ4n) is 2.08. The van der Waals surface area contributed by atoms with Gasteiger partial charge in [0.05, 0.1) is 25.4 Å². The Bertz CT molecular complexity index is 174. The van der Waals surface area contributed by atoms with Crippen LogP contribution in [-0.2, 0) is 14.2 Å². The third kappa shape index (κ3) is 11.6. The summed E-state index contributed by atoms with van der Waals surface area (Å²) in [6.45, 7) is 4.65. The molecule has 2 unspecified atom stereocenters. The van der Waals surface area contributed by atoms with Gasteiger partial charge in [0.2, 0.25) is 0 Å². The maximum Gasteiger partial charge on any atom is 0.0808 e. The number of methoxy groups -OCH3 is 1. The van der Waals surface area contributed by atoms with Crippen LogP contribution in [-0.4, -0.2) is 62.6 Å². The molecule has 2 saturated heterocycles. The Morgan fingerprint density at radius 1 is 0.950 bits per heavy atom. The zero-order chi connectivity index (χ0) is 15.1. The predicted molar refractivity (Wildman–Crippen MR) is 78.9 cm³/mol. The minimum Gasteiger partial charge on any atom is -0.397 e. The van der Waals surface area contributed by atoms with E-state index < -0.39 is 0 Å². The average Bonchev–Trinajstić information content (AvgIpc) is 2.51. The molecule has 0 aromatic rings. The highest BCUT2D eigenvalue weighted by molar-refractivity contribution is 4.61. The van der Waals surface area contributed by atoms with Crippen LogP contribution in [0.3, 0.4) is 0 Å². The lowest BCUT2D eigenvalue weighted by Gasteiger charge is -2.21. The maximum absolute atomic E-state index is 8.57. The molecule has 20 heavy (non-hydrogen) atoms. The van der Waals surface area contributed by atoms with E-state index in [1.165, 1.54) is 25.7 Å². The normalized spacial score (nSPS) is 25.8. The molecule has 0 spiro atoms. The maximum atomic E-state index is 8.57. The Kier molecular flexibility index (Phi) is 15.0. The second-order valence-corrected chi connectivity index (χ2v) is 4.93. The Labute approximate surface area is 123 Å². The van der Waals surface area contributed by atoms with Crippen LogP contribution in [0.2, 0.25) is 0 Å². The van der Waals surface area contributed by atoms with E-state index >= 15 is 0 Å². The number of rotatable bonds is 3. The van der Waals surface area contributed by atoms with Crippen molar-refractivity contribution in [2.45, 2.75) is 57.7 Å². The van der Waals surface area contributed by atoms with Crippen molar-refractivity contribution in [1.82, 2.24) is 0 Å². The summed E-state index contributed by atoms with van der Waals surface area (Å²) in [4.78, 5) is 0. The van der Waals surface area contributed by atoms with E-state index in [1.807, 2.05) is 0 Å². The summed E-state index contributed by atoms with van der Waals surface area (Å²) in [5.74, 6) is 0. The Balaban J connectivity index is 0.000000304. The zero-order valence-electron chi connectivity index (χ0n) is 13.1. The summed E-state index contributed by atoms with van der Waals surface area (Å²) in [6, 6.07) is 0. The number of aliphatic hydroxyl groups excluding tert-OH is 2. The van der Waals surface area contributed by atoms with Gasteiger partial charge in [0.25, 0.3) is 0 Å². The smallest absolute Gasteiger partial charge is 0.0808 e. The van der Waals surface area contributed by atoms with Gasteiger partial charge >= 0.3 is 0 Å². The summed E-state index contributed by atoms with van der Waals surface area (Å²) in [5.41, 5.74) is 0. The van der Waals surface area contributed by atoms with Gasteiger partial charge < -0.3 is 24.4 Å². The molecule has 2 fully saturated rings. The topological polar surface area (TPSA) is 68.2 Å². The van der Waals surface area contributed by atoms with Crippen molar-refractivity contribution in [3.8, 4) is 0 Å². The SMILES string of the molecule is CCO.COCC1CCCCO1.OCC1CCCCO1. The van der Waals surface area contributed by atoms with E-state index in [2.05, 4.69) is 0 Å². The molecule has 2 aliphatic rings. The van der Waals surface area contributed by atoms with Crippen LogP contribution >= 0.6 is 0 Å². The van der Waals surface area contributed by atoms with Crippen molar-refractivity contribution >= 4 is 0 Å². The average molecular weight is 292 g/mol. The van der Waals surface area contributed by atoms with Crippen LogP contribution < -0.4 is 0 Å². The molecule has 122 valence electrons. The molecule has 0 bridgehead atoms. The molecule has 0 aromatic heterocycles. The van der Waals surface area contributed by atoms with E-state index in [0.29, 0.717) is 6.10 Å². The van der Waals surface area contributed by atoms with Gasteiger partial charge in [-0.25, -0.2) is 0 Å². The fraction of sp³-hybridized carbons (Fsp3) is 1.00. The van der Waals surface area contributed by atoms with Crippen LogP contribution in [0.15, 0.2) is 0 Å². The summed E-state index contributed by atoms with van der Waals surface area (Å²) in [5, 5.41) is 16.1. The fourth-order valence-corrected chi connectivity index (χ4v) is 2.08. The monoisotopic (exact) mass is 292 g/mol. The lowest BCUT2D eigenvalue weighted by molar-refractivity contribution is -0.0289. The summed E-state index contributed by atoms with van der Waals surface area (Å²) in [7, 11) is 1.72. The molecule has 0 aromatic carbocycles. The summed E-state index contributed by atoms with van der Waals surface area (Å²) in [6.07, 6.45) is 7.63. The minimum absolute atomic E-state index is 0.142. The molecule has 2 aliphatic heterocycles. The molecule has 2 rings (SSSR count). The Morgan fingerprint density at radius 3 is 1.75 bits per heavy atom. The number of hydrogen-bond acceptors (Lipinski definition) is 5. The Hall–Kier alpha value is -0.200. The second kappa shape index (κ2) is 15.2. The molecule has 0 amide bonds. The highest BCUT2D eigenvalue weighted by atomic mass is 16.5. The molecule has 2 atom stereocenters. The van der Waals surface area contributed by atoms with Gasteiger partial charge in [-0.05, 0) is 45.4 Å². The van der Waals surface area contributed by atoms with Crippen molar-refractivity contribution < 1.29 is 24.4 Å². The molecule has 5 nitrogen and oxygen atoms in total. The standard InChI is InChI=1S/C7H14O2.C6H12O2.C2H6O/c1-8-6-7-4-2-3-5-9-7;7-5-6-3-1-2-4-8-6;1-2-3/h7H,2-6H2,1H3;6-7H,1-5H2;3H,2H2,1H3. The van der Waals surface area contributed by atoms with Crippen LogP contribution in [0.1, 0.15) is 45.4 Å². The number of hydrogen-bond donors (Lipinski definition) is 2. The third-order valence-corrected chi connectivity index (χ3v) is 3.10. The lowest BCUT2D eigenvalue weighted by atomic mass is 10.1. The quantitative estimate of drug-likeness (QED) is 0.829. The van der Waals surface area contributed by atoms with Crippen LogP contribution in [0.25, 0.3) is 0 Å². The first-order chi connectivity index (χ1) is 9.78. The molecular weight excluding hydrogens is 260 g/mol. The van der Waals surface area contributed by atoms with Crippen molar-refractivity contribution in [2.75, 3.05) is 40.1 Å². The van der Waals surface area contributed by atoms with Gasteiger partial charge in [0.15, 0.2) is 0 Å². The van der Waals surface area contributed by atoms with Gasteiger partial charge in [0.1, 0.15) is 0 Å². The number of ether oxygens (including phenoxy) is 3. The summed E-state index contributed by atoms with van der Waals surface area (Å²) >= 11 is 0. The van der Waals surface area contributed by atoms with Gasteiger partial charge in [-0.3, -0.25) is 0 Å². The van der Waals surface area contributed by atoms with Gasteiger partial charge in [0, 0.05) is 26.9 Å². The van der Waals surface area contributed by atoms with Crippen molar-refractivity contribution in [3.63, 3.8) is 0 Å². The molecule has 2 heterocycles. The minimum atomic E-state index is 0.142. The molecule has 2 N–H and O–H groups in total. The van der Waals surface area contributed by atoms with Crippen LogP contribution in [0.5, 0.6) is 0 Å². The number of aliphatic hydroxyl groups is 2. The van der Waals surface area contributed by atoms with E-state index in [4.69, 9.17) is 24.4 Å². The van der Waals surface area contributed by atoms with Crippen molar-refractivity contribution in [1.29, 1.82) is 0 Å². The van der Waals surface area contributed by atoms with E-state index in [-0.39, 0.29) is 19.3 Å². The first kappa shape index (κ1) is 19.8. The second-order valence-electron chi connectivity index (χ2n) is 4.93. The van der Waals surface area contributed by atoms with Crippen molar-refractivity contribution in [2.24, 2.45) is 0 Å². The van der Waals surface area contributed by atoms with Gasteiger partial charge in [-0.15, -0.1) is 0 Å². The highest BCUT2D eigenvalue weighted by Crippen LogP contribution is 2.12. The van der Waals surface area contributed by atoms with E-state index in [1.54, 1.807) is 14.0 Å². The Morgan fingerprint density at radius 2 is 1.45 bits per heavy atom. The zero-order valence-corrected chi connectivity index (χ0v) is 13.1. The molecular formula is C15H32O5. The largest absolute Gasteiger partial charge is 0.397 e. The molecule has 5 heteroatoms. The first-order valence-corrected chi connectivity index (χ1v) is 7.72. The molecule has 0 saturated carbocycles. The van der Waals surface area contributed by atoms with Crippen molar-refractivity contribution in [3.05, 3.63) is 0 Å². The summed E-state index contributed by atoms with van der Waals surface area (Å²) < 4.78 is 15.5. The predicted octanol–water partition coefficient (Wildman–Crippen LogP) is 1.75. The van der Waals surface area contributed by atoms with Crippen LogP contribution in [0, 0.1) is 0 Å². The lowest BCUT2D eigenvalue weighted by Crippen LogP contribution is -2.23. The first-order valence-electron chi connectivity index (χ1n) is 7.72. The van der Waals surface area contributed by atoms with Gasteiger partial charge in [-0.2, -0.15) is 0 Å². The molecule has 0 aliphatic carbocycles. The highest BCUT2D eigenvalue weighted by Gasteiger charge is 2.12. The van der Waals surface area contributed by atoms with E-state index in [0.717, 1.165) is 32.7 Å². The van der Waals surface area contributed by atoms with Crippen LogP contribution in [0.4, 0.5) is 0 Å². The van der Waals surface area contributed by atoms with E-state index in [9.17, 15) is 0 Å². The molecule has 0 radical (unpaired) electrons. The third-order valence-electron chi connectivity index (χ3n) is 3.10. The van der Waals surface area contributed by atoms with Gasteiger partial charge in [-0.1, -0.05) is 0 Å².